The maximum atomic E-state index is 9.68. The lowest BCUT2D eigenvalue weighted by molar-refractivity contribution is 0.188. The van der Waals surface area contributed by atoms with E-state index in [1.165, 1.54) is 0 Å². The van der Waals surface area contributed by atoms with Gasteiger partial charge in [-0.3, -0.25) is 0 Å². The van der Waals surface area contributed by atoms with Crippen molar-refractivity contribution in [1.82, 2.24) is 10.2 Å². The van der Waals surface area contributed by atoms with E-state index in [4.69, 9.17) is 9.47 Å². The van der Waals surface area contributed by atoms with Crippen LogP contribution in [0.1, 0.15) is 18.9 Å². The van der Waals surface area contributed by atoms with Crippen LogP contribution in [0.15, 0.2) is 23.2 Å². The van der Waals surface area contributed by atoms with Gasteiger partial charge in [0, 0.05) is 31.3 Å². The van der Waals surface area contributed by atoms with Gasteiger partial charge in [-0.2, -0.15) is 0 Å². The molecule has 1 heterocycles. The van der Waals surface area contributed by atoms with Crippen LogP contribution < -0.4 is 14.8 Å². The minimum absolute atomic E-state index is 0.264. The number of likely N-dealkylation sites (tertiary alicyclic amines) is 1. The Kier molecular flexibility index (Phi) is 5.89. The molecule has 0 radical (unpaired) electrons. The minimum Gasteiger partial charge on any atom is -0.497 e. The van der Waals surface area contributed by atoms with Crippen molar-refractivity contribution in [1.29, 1.82) is 0 Å². The summed E-state index contributed by atoms with van der Waals surface area (Å²) in [5, 5.41) is 13.0. The van der Waals surface area contributed by atoms with Gasteiger partial charge in [0.05, 0.1) is 26.9 Å². The van der Waals surface area contributed by atoms with Crippen LogP contribution in [0.2, 0.25) is 0 Å². The molecule has 6 heteroatoms. The summed E-state index contributed by atoms with van der Waals surface area (Å²) < 4.78 is 10.6. The van der Waals surface area contributed by atoms with Gasteiger partial charge in [0.15, 0.2) is 5.96 Å². The molecule has 0 aliphatic carbocycles. The van der Waals surface area contributed by atoms with Crippen LogP contribution in [0.25, 0.3) is 0 Å². The standard InChI is InChI=1S/C16H25N3O3/c1-4-17-16(19-8-7-13(20)11-19)18-10-12-5-6-14(21-2)9-15(12)22-3/h5-6,9,13,20H,4,7-8,10-11H2,1-3H3,(H,17,18)/t13-/m1/s1. The Morgan fingerprint density at radius 2 is 2.23 bits per heavy atom. The van der Waals surface area contributed by atoms with E-state index >= 15 is 0 Å². The van der Waals surface area contributed by atoms with Gasteiger partial charge in [0.2, 0.25) is 0 Å². The van der Waals surface area contributed by atoms with Crippen molar-refractivity contribution in [2.75, 3.05) is 33.9 Å². The number of aliphatic hydroxyl groups excluding tert-OH is 1. The summed E-state index contributed by atoms with van der Waals surface area (Å²) >= 11 is 0. The number of benzene rings is 1. The van der Waals surface area contributed by atoms with E-state index in [1.807, 2.05) is 25.1 Å². The average Bonchev–Trinajstić information content (AvgIpc) is 2.97. The average molecular weight is 307 g/mol. The second kappa shape index (κ2) is 7.89. The number of methoxy groups -OCH3 is 2. The molecule has 1 aliphatic heterocycles. The largest absolute Gasteiger partial charge is 0.497 e. The van der Waals surface area contributed by atoms with E-state index < -0.39 is 0 Å². The van der Waals surface area contributed by atoms with Gasteiger partial charge in [-0.1, -0.05) is 0 Å². The molecule has 0 spiro atoms. The first-order valence-corrected chi connectivity index (χ1v) is 7.60. The Morgan fingerprint density at radius 3 is 2.82 bits per heavy atom. The van der Waals surface area contributed by atoms with Crippen molar-refractivity contribution in [3.05, 3.63) is 23.8 Å². The molecule has 0 aromatic heterocycles. The van der Waals surface area contributed by atoms with Gasteiger partial charge in [-0.25, -0.2) is 4.99 Å². The topological polar surface area (TPSA) is 66.3 Å². The Morgan fingerprint density at radius 1 is 1.41 bits per heavy atom. The fourth-order valence-corrected chi connectivity index (χ4v) is 2.50. The quantitative estimate of drug-likeness (QED) is 0.633. The highest BCUT2D eigenvalue weighted by atomic mass is 16.5. The predicted octanol–water partition coefficient (Wildman–Crippen LogP) is 1.24. The van der Waals surface area contributed by atoms with Crippen molar-refractivity contribution < 1.29 is 14.6 Å². The van der Waals surface area contributed by atoms with Gasteiger partial charge in [-0.15, -0.1) is 0 Å². The van der Waals surface area contributed by atoms with E-state index in [9.17, 15) is 5.11 Å². The number of β-amino-alcohol motifs (C(OH)–C–C–N with tert-alkyl or cyclic N) is 1. The van der Waals surface area contributed by atoms with Crippen molar-refractivity contribution in [3.8, 4) is 11.5 Å². The number of guanidine groups is 1. The van der Waals surface area contributed by atoms with E-state index in [0.717, 1.165) is 42.5 Å². The summed E-state index contributed by atoms with van der Waals surface area (Å²) in [6.07, 6.45) is 0.524. The number of nitrogens with one attached hydrogen (secondary N) is 1. The van der Waals surface area contributed by atoms with Gasteiger partial charge in [-0.05, 0) is 25.5 Å². The lowest BCUT2D eigenvalue weighted by Gasteiger charge is -2.21. The maximum Gasteiger partial charge on any atom is 0.194 e. The van der Waals surface area contributed by atoms with Gasteiger partial charge in [0.1, 0.15) is 11.5 Å². The van der Waals surface area contributed by atoms with Gasteiger partial charge >= 0.3 is 0 Å². The highest BCUT2D eigenvalue weighted by Gasteiger charge is 2.22. The molecule has 0 unspecified atom stereocenters. The van der Waals surface area contributed by atoms with Crippen LogP contribution in [0.5, 0.6) is 11.5 Å². The molecule has 1 atom stereocenters. The summed E-state index contributed by atoms with van der Waals surface area (Å²) in [5.74, 6) is 2.36. The van der Waals surface area contributed by atoms with Crippen LogP contribution in [0.4, 0.5) is 0 Å². The van der Waals surface area contributed by atoms with E-state index in [2.05, 4.69) is 15.2 Å². The zero-order valence-corrected chi connectivity index (χ0v) is 13.5. The number of hydrogen-bond acceptors (Lipinski definition) is 4. The monoisotopic (exact) mass is 307 g/mol. The van der Waals surface area contributed by atoms with Crippen molar-refractivity contribution >= 4 is 5.96 Å². The molecule has 6 nitrogen and oxygen atoms in total. The molecule has 2 N–H and O–H groups in total. The first kappa shape index (κ1) is 16.4. The summed E-state index contributed by atoms with van der Waals surface area (Å²) in [4.78, 5) is 6.75. The molecule has 22 heavy (non-hydrogen) atoms. The number of hydrogen-bond donors (Lipinski definition) is 2. The molecule has 122 valence electrons. The highest BCUT2D eigenvalue weighted by molar-refractivity contribution is 5.80. The zero-order valence-electron chi connectivity index (χ0n) is 13.5. The summed E-state index contributed by atoms with van der Waals surface area (Å²) in [6.45, 7) is 4.81. The summed E-state index contributed by atoms with van der Waals surface area (Å²) in [6, 6.07) is 5.72. The Labute approximate surface area is 131 Å². The molecule has 1 aliphatic rings. The van der Waals surface area contributed by atoms with Crippen LogP contribution in [-0.4, -0.2) is 55.9 Å². The second-order valence-electron chi connectivity index (χ2n) is 5.24. The van der Waals surface area contributed by atoms with Crippen molar-refractivity contribution in [2.45, 2.75) is 26.0 Å². The van der Waals surface area contributed by atoms with Crippen LogP contribution >= 0.6 is 0 Å². The fourth-order valence-electron chi connectivity index (χ4n) is 2.50. The highest BCUT2D eigenvalue weighted by Crippen LogP contribution is 2.25. The molecule has 0 amide bonds. The Balaban J connectivity index is 2.13. The molecule has 1 aromatic carbocycles. The van der Waals surface area contributed by atoms with Crippen LogP contribution in [0, 0.1) is 0 Å². The molecule has 1 saturated heterocycles. The first-order chi connectivity index (χ1) is 10.7. The SMILES string of the molecule is CCNC(=NCc1ccc(OC)cc1OC)N1CC[C@@H](O)C1. The first-order valence-electron chi connectivity index (χ1n) is 7.60. The Hall–Kier alpha value is -1.95. The molecular formula is C16H25N3O3. The molecule has 2 rings (SSSR count). The number of aliphatic hydroxyl groups is 1. The molecule has 1 fully saturated rings. The molecule has 1 aromatic rings. The molecular weight excluding hydrogens is 282 g/mol. The van der Waals surface area contributed by atoms with Gasteiger partial charge in [0.25, 0.3) is 0 Å². The third kappa shape index (κ3) is 4.04. The van der Waals surface area contributed by atoms with Crippen LogP contribution in [0.3, 0.4) is 0 Å². The fraction of sp³-hybridized carbons (Fsp3) is 0.562. The lowest BCUT2D eigenvalue weighted by atomic mass is 10.2. The number of nitrogens with zero attached hydrogens (tertiary/aromatic N) is 2. The predicted molar refractivity (Wildman–Crippen MR) is 86.6 cm³/mol. The zero-order chi connectivity index (χ0) is 15.9. The van der Waals surface area contributed by atoms with Crippen LogP contribution in [-0.2, 0) is 6.54 Å². The van der Waals surface area contributed by atoms with Crippen molar-refractivity contribution in [3.63, 3.8) is 0 Å². The maximum absolute atomic E-state index is 9.68. The molecule has 0 bridgehead atoms. The van der Waals surface area contributed by atoms with Gasteiger partial charge < -0.3 is 24.8 Å². The summed E-state index contributed by atoms with van der Waals surface area (Å²) in [5.41, 5.74) is 0.999. The third-order valence-electron chi connectivity index (χ3n) is 3.69. The Bertz CT molecular complexity index is 519. The second-order valence-corrected chi connectivity index (χ2v) is 5.24. The number of rotatable bonds is 5. The van der Waals surface area contributed by atoms with E-state index in [0.29, 0.717) is 13.1 Å². The smallest absolute Gasteiger partial charge is 0.194 e. The van der Waals surface area contributed by atoms with Crippen molar-refractivity contribution in [2.24, 2.45) is 4.99 Å². The minimum atomic E-state index is -0.264. The summed E-state index contributed by atoms with van der Waals surface area (Å²) in [7, 11) is 3.28. The van der Waals surface area contributed by atoms with E-state index in [1.54, 1.807) is 14.2 Å². The molecule has 0 saturated carbocycles. The third-order valence-corrected chi connectivity index (χ3v) is 3.69. The number of ether oxygens (including phenoxy) is 2. The van der Waals surface area contributed by atoms with E-state index in [-0.39, 0.29) is 6.10 Å². The lowest BCUT2D eigenvalue weighted by Crippen LogP contribution is -2.40. The number of aliphatic imine (C=N–C) groups is 1. The normalized spacial score (nSPS) is 18.5.